The molecule has 0 spiro atoms. The predicted molar refractivity (Wildman–Crippen MR) is 108 cm³/mol. The molecule has 23 heavy (non-hydrogen) atoms. The fraction of sp³-hybridized carbons (Fsp3) is 0.438. The molecule has 2 rings (SSSR count). The van der Waals surface area contributed by atoms with E-state index in [-0.39, 0.29) is 24.0 Å². The van der Waals surface area contributed by atoms with Gasteiger partial charge in [-0.25, -0.2) is 0 Å². The van der Waals surface area contributed by atoms with Crippen molar-refractivity contribution in [2.75, 3.05) is 33.4 Å². The lowest BCUT2D eigenvalue weighted by molar-refractivity contribution is 0.152. The van der Waals surface area contributed by atoms with Crippen molar-refractivity contribution in [3.8, 4) is 0 Å². The van der Waals surface area contributed by atoms with Crippen molar-refractivity contribution < 1.29 is 9.84 Å². The highest BCUT2D eigenvalue weighted by Crippen LogP contribution is 2.29. The molecule has 3 N–H and O–H groups in total. The van der Waals surface area contributed by atoms with Gasteiger partial charge in [0, 0.05) is 36.3 Å². The Balaban J connectivity index is 0.00000264. The lowest BCUT2D eigenvalue weighted by atomic mass is 10.2. The number of ether oxygens (including phenoxy) is 1. The average Bonchev–Trinajstić information content (AvgIpc) is 2.98. The Hall–Kier alpha value is -0.900. The smallest absolute Gasteiger partial charge is 0.191 e. The van der Waals surface area contributed by atoms with Crippen LogP contribution in [-0.4, -0.2) is 44.4 Å². The van der Waals surface area contributed by atoms with E-state index in [2.05, 4.69) is 27.8 Å². The van der Waals surface area contributed by atoms with Crippen molar-refractivity contribution in [1.82, 2.24) is 10.6 Å². The largest absolute Gasteiger partial charge is 0.386 e. The van der Waals surface area contributed by atoms with E-state index >= 15 is 0 Å². The van der Waals surface area contributed by atoms with Crippen LogP contribution in [0.25, 0.3) is 10.1 Å². The minimum absolute atomic E-state index is 0. The van der Waals surface area contributed by atoms with Gasteiger partial charge in [-0.3, -0.25) is 4.99 Å². The molecule has 5 nitrogen and oxygen atoms in total. The van der Waals surface area contributed by atoms with Crippen LogP contribution in [0, 0.1) is 0 Å². The van der Waals surface area contributed by atoms with Crippen LogP contribution >= 0.6 is 35.3 Å². The highest BCUT2D eigenvalue weighted by molar-refractivity contribution is 14.0. The Labute approximate surface area is 158 Å². The second-order valence-electron chi connectivity index (χ2n) is 4.78. The van der Waals surface area contributed by atoms with Gasteiger partial charge in [0.05, 0.1) is 6.61 Å². The van der Waals surface area contributed by atoms with Gasteiger partial charge in [-0.2, -0.15) is 0 Å². The number of nitrogens with zero attached hydrogens (tertiary/aromatic N) is 1. The van der Waals surface area contributed by atoms with Crippen molar-refractivity contribution in [3.63, 3.8) is 0 Å². The highest BCUT2D eigenvalue weighted by atomic mass is 127. The van der Waals surface area contributed by atoms with Crippen LogP contribution < -0.4 is 10.6 Å². The number of rotatable bonds is 7. The zero-order valence-corrected chi connectivity index (χ0v) is 16.6. The zero-order chi connectivity index (χ0) is 15.8. The van der Waals surface area contributed by atoms with Crippen LogP contribution in [0.3, 0.4) is 0 Å². The minimum atomic E-state index is -0.553. The third kappa shape index (κ3) is 6.25. The van der Waals surface area contributed by atoms with Crippen LogP contribution in [0.1, 0.15) is 17.9 Å². The molecule has 0 saturated carbocycles. The predicted octanol–water partition coefficient (Wildman–Crippen LogP) is 2.75. The third-order valence-electron chi connectivity index (χ3n) is 3.20. The normalized spacial score (nSPS) is 12.7. The molecule has 1 heterocycles. The molecule has 1 unspecified atom stereocenters. The third-order valence-corrected chi connectivity index (χ3v) is 4.42. The molecule has 1 aromatic heterocycles. The van der Waals surface area contributed by atoms with E-state index in [9.17, 15) is 5.11 Å². The number of hydrogen-bond acceptors (Lipinski definition) is 4. The van der Waals surface area contributed by atoms with Gasteiger partial charge in [0.25, 0.3) is 0 Å². The summed E-state index contributed by atoms with van der Waals surface area (Å²) in [4.78, 5) is 5.08. The van der Waals surface area contributed by atoms with Gasteiger partial charge in [-0.05, 0) is 24.4 Å². The van der Waals surface area contributed by atoms with Crippen molar-refractivity contribution >= 4 is 51.4 Å². The first-order valence-corrected chi connectivity index (χ1v) is 8.25. The monoisotopic (exact) mass is 449 g/mol. The molecule has 0 saturated heterocycles. The first-order chi connectivity index (χ1) is 10.7. The van der Waals surface area contributed by atoms with E-state index in [1.54, 1.807) is 18.4 Å². The fourth-order valence-electron chi connectivity index (χ4n) is 2.07. The molecule has 0 fully saturated rings. The molecule has 2 aromatic rings. The van der Waals surface area contributed by atoms with E-state index in [0.717, 1.165) is 4.88 Å². The van der Waals surface area contributed by atoms with Crippen LogP contribution in [0.15, 0.2) is 35.3 Å². The van der Waals surface area contributed by atoms with Gasteiger partial charge in [0.15, 0.2) is 5.96 Å². The number of benzene rings is 1. The molecule has 1 aromatic carbocycles. The Morgan fingerprint density at radius 2 is 2.13 bits per heavy atom. The quantitative estimate of drug-likeness (QED) is 0.263. The van der Waals surface area contributed by atoms with E-state index in [1.807, 2.05) is 25.1 Å². The maximum absolute atomic E-state index is 10.3. The summed E-state index contributed by atoms with van der Waals surface area (Å²) in [5, 5.41) is 17.8. The summed E-state index contributed by atoms with van der Waals surface area (Å²) in [7, 11) is 1.71. The minimum Gasteiger partial charge on any atom is -0.386 e. The molecular weight excluding hydrogens is 425 g/mol. The van der Waals surface area contributed by atoms with Crippen LogP contribution in [0.4, 0.5) is 0 Å². The number of thiophene rings is 1. The molecule has 0 aliphatic rings. The van der Waals surface area contributed by atoms with Crippen LogP contribution in [0.2, 0.25) is 0 Å². The Bertz CT molecular complexity index is 585. The van der Waals surface area contributed by atoms with Crippen LogP contribution in [-0.2, 0) is 4.74 Å². The molecule has 128 valence electrons. The highest BCUT2D eigenvalue weighted by Gasteiger charge is 2.11. The lowest BCUT2D eigenvalue weighted by Gasteiger charge is -2.14. The Morgan fingerprint density at radius 3 is 2.83 bits per heavy atom. The number of aliphatic hydroxyl groups excluding tert-OH is 1. The molecule has 0 bridgehead atoms. The van der Waals surface area contributed by atoms with Crippen molar-refractivity contribution in [2.45, 2.75) is 13.0 Å². The SMILES string of the molecule is CCOCCNC(=NC)NCC(O)c1cc2ccccc2s1.I. The average molecular weight is 449 g/mol. The van der Waals surface area contributed by atoms with Crippen molar-refractivity contribution in [2.24, 2.45) is 4.99 Å². The number of halogens is 1. The van der Waals surface area contributed by atoms with E-state index < -0.39 is 6.10 Å². The number of aliphatic imine (C=N–C) groups is 1. The first-order valence-electron chi connectivity index (χ1n) is 7.43. The number of guanidine groups is 1. The van der Waals surface area contributed by atoms with Gasteiger partial charge >= 0.3 is 0 Å². The summed E-state index contributed by atoms with van der Waals surface area (Å²) in [5.41, 5.74) is 0. The molecule has 1 atom stereocenters. The number of fused-ring (bicyclic) bond motifs is 1. The summed E-state index contributed by atoms with van der Waals surface area (Å²) in [6.07, 6.45) is -0.553. The van der Waals surface area contributed by atoms with E-state index in [1.165, 1.54) is 10.1 Å². The molecule has 7 heteroatoms. The van der Waals surface area contributed by atoms with E-state index in [0.29, 0.717) is 32.3 Å². The second kappa shape index (κ2) is 10.8. The Morgan fingerprint density at radius 1 is 1.35 bits per heavy atom. The molecule has 0 radical (unpaired) electrons. The lowest BCUT2D eigenvalue weighted by Crippen LogP contribution is -2.40. The summed E-state index contributed by atoms with van der Waals surface area (Å²) in [6, 6.07) is 10.2. The molecule has 0 aliphatic carbocycles. The molecule has 0 aliphatic heterocycles. The zero-order valence-electron chi connectivity index (χ0n) is 13.4. The van der Waals surface area contributed by atoms with Crippen molar-refractivity contribution in [1.29, 1.82) is 0 Å². The number of nitrogens with one attached hydrogen (secondary N) is 2. The van der Waals surface area contributed by atoms with E-state index in [4.69, 9.17) is 4.74 Å². The van der Waals surface area contributed by atoms with Gasteiger partial charge in [0.2, 0.25) is 0 Å². The topological polar surface area (TPSA) is 65.9 Å². The van der Waals surface area contributed by atoms with Gasteiger partial charge in [0.1, 0.15) is 6.10 Å². The maximum Gasteiger partial charge on any atom is 0.191 e. The van der Waals surface area contributed by atoms with Crippen molar-refractivity contribution in [3.05, 3.63) is 35.2 Å². The fourth-order valence-corrected chi connectivity index (χ4v) is 3.12. The van der Waals surface area contributed by atoms with Crippen LogP contribution in [0.5, 0.6) is 0 Å². The molecular formula is C16H24IN3O2S. The second-order valence-corrected chi connectivity index (χ2v) is 5.89. The summed E-state index contributed by atoms with van der Waals surface area (Å²) in [5.74, 6) is 0.667. The number of aliphatic hydroxyl groups is 1. The standard InChI is InChI=1S/C16H23N3O2S.HI/c1-3-21-9-8-18-16(17-2)19-11-13(20)15-10-12-6-4-5-7-14(12)22-15;/h4-7,10,13,20H,3,8-9,11H2,1-2H3,(H2,17,18,19);1H. The first kappa shape index (κ1) is 20.1. The summed E-state index contributed by atoms with van der Waals surface area (Å²) in [6.45, 7) is 4.41. The molecule has 0 amide bonds. The summed E-state index contributed by atoms with van der Waals surface area (Å²) >= 11 is 1.62. The number of hydrogen-bond donors (Lipinski definition) is 3. The van der Waals surface area contributed by atoms with Gasteiger partial charge in [-0.1, -0.05) is 18.2 Å². The van der Waals surface area contributed by atoms with Gasteiger partial charge < -0.3 is 20.5 Å². The Kier molecular flexibility index (Phi) is 9.46. The van der Waals surface area contributed by atoms with Gasteiger partial charge in [-0.15, -0.1) is 35.3 Å². The maximum atomic E-state index is 10.3. The summed E-state index contributed by atoms with van der Waals surface area (Å²) < 4.78 is 6.45.